The summed E-state index contributed by atoms with van der Waals surface area (Å²) in [6.07, 6.45) is 2.59. The van der Waals surface area contributed by atoms with Crippen LogP contribution in [0.2, 0.25) is 0 Å². The summed E-state index contributed by atoms with van der Waals surface area (Å²) in [5.74, 6) is 0.797. The van der Waals surface area contributed by atoms with Gasteiger partial charge in [0.15, 0.2) is 0 Å². The van der Waals surface area contributed by atoms with E-state index >= 15 is 0 Å². The van der Waals surface area contributed by atoms with Gasteiger partial charge in [0, 0.05) is 17.6 Å². The first-order valence-electron chi connectivity index (χ1n) is 6.27. The molecule has 1 unspecified atom stereocenters. The van der Waals surface area contributed by atoms with Crippen molar-refractivity contribution in [3.05, 3.63) is 46.3 Å². The first-order valence-corrected chi connectivity index (χ1v) is 7.15. The number of anilines is 1. The lowest BCUT2D eigenvalue weighted by Gasteiger charge is -2.23. The molecule has 1 N–H and O–H groups in total. The van der Waals surface area contributed by atoms with Gasteiger partial charge < -0.3 is 5.32 Å². The van der Waals surface area contributed by atoms with Gasteiger partial charge >= 0.3 is 0 Å². The van der Waals surface area contributed by atoms with E-state index in [2.05, 4.69) is 21.7 Å². The van der Waals surface area contributed by atoms with E-state index in [1.54, 1.807) is 22.4 Å². The standard InChI is InChI=1S/C14H15N3OS/c1-15-12-13-10(6-9-19-13)5-8-17(14(12)18)11-4-2-3-7-16-11/h2-4,6-7,9,12,15H,5,8H2,1H3. The van der Waals surface area contributed by atoms with Crippen molar-refractivity contribution in [2.45, 2.75) is 12.5 Å². The molecule has 0 fully saturated rings. The van der Waals surface area contributed by atoms with E-state index in [9.17, 15) is 4.79 Å². The predicted octanol–water partition coefficient (Wildman–Crippen LogP) is 1.99. The van der Waals surface area contributed by atoms with Crippen LogP contribution in [0.25, 0.3) is 0 Å². The number of amides is 1. The van der Waals surface area contributed by atoms with Crippen LogP contribution in [-0.4, -0.2) is 24.5 Å². The van der Waals surface area contributed by atoms with E-state index in [-0.39, 0.29) is 11.9 Å². The SMILES string of the molecule is CNC1C(=O)N(c2ccccn2)CCc2ccsc21. The van der Waals surface area contributed by atoms with Gasteiger partial charge in [-0.15, -0.1) is 11.3 Å². The van der Waals surface area contributed by atoms with Gasteiger partial charge in [-0.3, -0.25) is 9.69 Å². The Morgan fingerprint density at radius 1 is 1.42 bits per heavy atom. The normalized spacial score (nSPS) is 19.1. The van der Waals surface area contributed by atoms with Gasteiger partial charge in [0.05, 0.1) is 0 Å². The maximum Gasteiger partial charge on any atom is 0.250 e. The van der Waals surface area contributed by atoms with Crippen LogP contribution in [-0.2, 0) is 11.2 Å². The number of thiophene rings is 1. The Bertz CT molecular complexity index is 581. The molecule has 1 aliphatic rings. The number of hydrogen-bond donors (Lipinski definition) is 1. The Kier molecular flexibility index (Phi) is 3.31. The molecule has 2 aromatic rings. The highest BCUT2D eigenvalue weighted by Gasteiger charge is 2.31. The van der Waals surface area contributed by atoms with Crippen LogP contribution in [0, 0.1) is 0 Å². The summed E-state index contributed by atoms with van der Waals surface area (Å²) in [5.41, 5.74) is 1.26. The van der Waals surface area contributed by atoms with Crippen molar-refractivity contribution in [1.29, 1.82) is 0 Å². The molecule has 2 aromatic heterocycles. The van der Waals surface area contributed by atoms with Crippen LogP contribution in [0.15, 0.2) is 35.8 Å². The van der Waals surface area contributed by atoms with Gasteiger partial charge in [0.25, 0.3) is 5.91 Å². The lowest BCUT2D eigenvalue weighted by atomic mass is 10.1. The summed E-state index contributed by atoms with van der Waals surface area (Å²) in [5, 5.41) is 5.18. The molecule has 0 aromatic carbocycles. The van der Waals surface area contributed by atoms with Crippen molar-refractivity contribution in [3.8, 4) is 0 Å². The molecule has 0 saturated carbocycles. The Labute approximate surface area is 116 Å². The van der Waals surface area contributed by atoms with Crippen LogP contribution in [0.3, 0.4) is 0 Å². The quantitative estimate of drug-likeness (QED) is 0.910. The molecule has 4 nitrogen and oxygen atoms in total. The molecule has 0 radical (unpaired) electrons. The molecule has 1 atom stereocenters. The zero-order valence-electron chi connectivity index (χ0n) is 10.7. The lowest BCUT2D eigenvalue weighted by Crippen LogP contribution is -2.39. The molecule has 0 aliphatic carbocycles. The van der Waals surface area contributed by atoms with Crippen molar-refractivity contribution in [2.24, 2.45) is 0 Å². The Balaban J connectivity index is 1.99. The van der Waals surface area contributed by atoms with Crippen LogP contribution < -0.4 is 10.2 Å². The number of pyridine rings is 1. The molecule has 0 bridgehead atoms. The number of carbonyl (C=O) groups is 1. The second kappa shape index (κ2) is 5.11. The number of fused-ring (bicyclic) bond motifs is 1. The predicted molar refractivity (Wildman–Crippen MR) is 76.4 cm³/mol. The highest BCUT2D eigenvalue weighted by Crippen LogP contribution is 2.30. The molecular weight excluding hydrogens is 258 g/mol. The molecule has 1 amide bonds. The summed E-state index contributed by atoms with van der Waals surface area (Å²) in [4.78, 5) is 19.9. The summed E-state index contributed by atoms with van der Waals surface area (Å²) < 4.78 is 0. The third-order valence-corrected chi connectivity index (χ3v) is 4.40. The molecule has 98 valence electrons. The number of nitrogens with one attached hydrogen (secondary N) is 1. The third-order valence-electron chi connectivity index (χ3n) is 3.38. The number of likely N-dealkylation sites (N-methyl/N-ethyl adjacent to an activating group) is 1. The second-order valence-electron chi connectivity index (χ2n) is 4.46. The number of rotatable bonds is 2. The minimum Gasteiger partial charge on any atom is -0.305 e. The van der Waals surface area contributed by atoms with Crippen molar-refractivity contribution in [1.82, 2.24) is 10.3 Å². The number of carbonyl (C=O) groups excluding carboxylic acids is 1. The van der Waals surface area contributed by atoms with Gasteiger partial charge in [-0.1, -0.05) is 6.07 Å². The fourth-order valence-electron chi connectivity index (χ4n) is 2.41. The van der Waals surface area contributed by atoms with E-state index in [0.29, 0.717) is 6.54 Å². The van der Waals surface area contributed by atoms with Crippen molar-refractivity contribution < 1.29 is 4.79 Å². The molecular formula is C14H15N3OS. The summed E-state index contributed by atoms with van der Waals surface area (Å²) in [7, 11) is 1.83. The lowest BCUT2D eigenvalue weighted by molar-refractivity contribution is -0.120. The second-order valence-corrected chi connectivity index (χ2v) is 5.41. The van der Waals surface area contributed by atoms with Gasteiger partial charge in [-0.2, -0.15) is 0 Å². The summed E-state index contributed by atoms with van der Waals surface area (Å²) in [6.45, 7) is 0.678. The van der Waals surface area contributed by atoms with Gasteiger partial charge in [-0.25, -0.2) is 4.98 Å². The molecule has 0 saturated heterocycles. The summed E-state index contributed by atoms with van der Waals surface area (Å²) >= 11 is 1.64. The first kappa shape index (κ1) is 12.3. The van der Waals surface area contributed by atoms with Crippen molar-refractivity contribution in [3.63, 3.8) is 0 Å². The topological polar surface area (TPSA) is 45.2 Å². The third kappa shape index (κ3) is 2.15. The van der Waals surface area contributed by atoms with E-state index in [1.807, 2.05) is 25.2 Å². The average Bonchev–Trinajstić information content (AvgIpc) is 2.85. The first-order chi connectivity index (χ1) is 9.31. The van der Waals surface area contributed by atoms with Gasteiger partial charge in [-0.05, 0) is 42.6 Å². The number of hydrogen-bond acceptors (Lipinski definition) is 4. The number of nitrogens with zero attached hydrogens (tertiary/aromatic N) is 2. The minimum absolute atomic E-state index is 0.0717. The summed E-state index contributed by atoms with van der Waals surface area (Å²) in [6, 6.07) is 7.49. The molecule has 3 rings (SSSR count). The Morgan fingerprint density at radius 3 is 3.05 bits per heavy atom. The molecule has 0 spiro atoms. The Hall–Kier alpha value is -1.72. The fraction of sp³-hybridized carbons (Fsp3) is 0.286. The molecule has 3 heterocycles. The smallest absolute Gasteiger partial charge is 0.250 e. The van der Waals surface area contributed by atoms with Gasteiger partial charge in [0.2, 0.25) is 0 Å². The monoisotopic (exact) mass is 273 g/mol. The molecule has 5 heteroatoms. The van der Waals surface area contributed by atoms with Gasteiger partial charge in [0.1, 0.15) is 11.9 Å². The molecule has 1 aliphatic heterocycles. The Morgan fingerprint density at radius 2 is 2.32 bits per heavy atom. The minimum atomic E-state index is -0.264. The average molecular weight is 273 g/mol. The van der Waals surface area contributed by atoms with E-state index in [0.717, 1.165) is 17.1 Å². The van der Waals surface area contributed by atoms with Crippen molar-refractivity contribution in [2.75, 3.05) is 18.5 Å². The maximum atomic E-state index is 12.7. The zero-order valence-corrected chi connectivity index (χ0v) is 11.5. The maximum absolute atomic E-state index is 12.7. The van der Waals surface area contributed by atoms with Crippen LogP contribution >= 0.6 is 11.3 Å². The van der Waals surface area contributed by atoms with Crippen LogP contribution in [0.1, 0.15) is 16.5 Å². The van der Waals surface area contributed by atoms with Crippen LogP contribution in [0.4, 0.5) is 5.82 Å². The van der Waals surface area contributed by atoms with E-state index in [4.69, 9.17) is 0 Å². The molecule has 19 heavy (non-hydrogen) atoms. The van der Waals surface area contributed by atoms with E-state index < -0.39 is 0 Å². The van der Waals surface area contributed by atoms with E-state index in [1.165, 1.54) is 5.56 Å². The van der Waals surface area contributed by atoms with Crippen LogP contribution in [0.5, 0.6) is 0 Å². The largest absolute Gasteiger partial charge is 0.305 e. The zero-order chi connectivity index (χ0) is 13.2. The fourth-order valence-corrected chi connectivity index (χ4v) is 3.47. The highest BCUT2D eigenvalue weighted by molar-refractivity contribution is 7.10. The highest BCUT2D eigenvalue weighted by atomic mass is 32.1. The van der Waals surface area contributed by atoms with Crippen molar-refractivity contribution >= 4 is 23.1 Å². The number of aromatic nitrogens is 1.